The highest BCUT2D eigenvalue weighted by Crippen LogP contribution is 2.31. The molecular weight excluding hydrogens is 215 g/mol. The Labute approximate surface area is 103 Å². The van der Waals surface area contributed by atoms with Gasteiger partial charge in [-0.2, -0.15) is 0 Å². The van der Waals surface area contributed by atoms with Crippen LogP contribution in [-0.2, 0) is 0 Å². The van der Waals surface area contributed by atoms with Gasteiger partial charge in [-0.1, -0.05) is 30.3 Å². The van der Waals surface area contributed by atoms with Gasteiger partial charge < -0.3 is 10.6 Å². The van der Waals surface area contributed by atoms with E-state index < -0.39 is 0 Å². The van der Waals surface area contributed by atoms with E-state index in [1.807, 2.05) is 6.07 Å². The Morgan fingerprint density at radius 2 is 2.00 bits per heavy atom. The van der Waals surface area contributed by atoms with Crippen molar-refractivity contribution in [2.24, 2.45) is 11.7 Å². The molecule has 1 heterocycles. The molecule has 2 N–H and O–H groups in total. The number of nitrogens with two attached hydrogens (primary N) is 1. The number of halogens is 1. The maximum absolute atomic E-state index is 12.2. The first-order valence-electron chi connectivity index (χ1n) is 6.38. The minimum absolute atomic E-state index is 0.222. The smallest absolute Gasteiger partial charge is 0.0906 e. The van der Waals surface area contributed by atoms with Gasteiger partial charge in [0, 0.05) is 25.6 Å². The summed E-state index contributed by atoms with van der Waals surface area (Å²) in [5, 5.41) is 0. The Morgan fingerprint density at radius 3 is 2.65 bits per heavy atom. The molecule has 1 aromatic carbocycles. The topological polar surface area (TPSA) is 29.3 Å². The fourth-order valence-corrected chi connectivity index (χ4v) is 2.74. The predicted octanol–water partition coefficient (Wildman–Crippen LogP) is 2.02. The van der Waals surface area contributed by atoms with Crippen LogP contribution in [0.25, 0.3) is 0 Å². The summed E-state index contributed by atoms with van der Waals surface area (Å²) in [4.78, 5) is 2.34. The molecule has 2 nitrogen and oxygen atoms in total. The Kier molecular flexibility index (Phi) is 4.51. The van der Waals surface area contributed by atoms with Crippen LogP contribution in [0.4, 0.5) is 4.39 Å². The summed E-state index contributed by atoms with van der Waals surface area (Å²) in [6.07, 6.45) is 0.638. The van der Waals surface area contributed by atoms with Gasteiger partial charge in [-0.05, 0) is 24.4 Å². The molecule has 0 saturated carbocycles. The van der Waals surface area contributed by atoms with Gasteiger partial charge in [0.25, 0.3) is 0 Å². The molecule has 0 bridgehead atoms. The maximum atomic E-state index is 12.2. The van der Waals surface area contributed by atoms with E-state index in [2.05, 4.69) is 29.2 Å². The first-order valence-corrected chi connectivity index (χ1v) is 6.38. The van der Waals surface area contributed by atoms with Crippen molar-refractivity contribution >= 4 is 0 Å². The summed E-state index contributed by atoms with van der Waals surface area (Å²) in [5.74, 6) is 1.03. The fourth-order valence-electron chi connectivity index (χ4n) is 2.74. The van der Waals surface area contributed by atoms with Crippen molar-refractivity contribution in [3.63, 3.8) is 0 Å². The van der Waals surface area contributed by atoms with Crippen LogP contribution >= 0.6 is 0 Å². The zero-order valence-corrected chi connectivity index (χ0v) is 10.2. The number of hydrogen-bond donors (Lipinski definition) is 1. The van der Waals surface area contributed by atoms with Gasteiger partial charge in [0.15, 0.2) is 0 Å². The van der Waals surface area contributed by atoms with Crippen LogP contribution in [0.5, 0.6) is 0 Å². The molecule has 0 amide bonds. The van der Waals surface area contributed by atoms with E-state index in [0.717, 1.165) is 19.6 Å². The highest BCUT2D eigenvalue weighted by Gasteiger charge is 2.32. The average molecular weight is 236 g/mol. The Morgan fingerprint density at radius 1 is 1.24 bits per heavy atom. The van der Waals surface area contributed by atoms with E-state index in [9.17, 15) is 4.39 Å². The first kappa shape index (κ1) is 12.5. The molecule has 1 aromatic rings. The first-order chi connectivity index (χ1) is 8.35. The zero-order valence-electron chi connectivity index (χ0n) is 10.2. The number of nitrogens with zero attached hydrogens (tertiary/aromatic N) is 1. The molecule has 0 aromatic heterocycles. The molecule has 2 atom stereocenters. The van der Waals surface area contributed by atoms with Crippen molar-refractivity contribution in [3.05, 3.63) is 35.9 Å². The summed E-state index contributed by atoms with van der Waals surface area (Å²) in [5.41, 5.74) is 7.22. The van der Waals surface area contributed by atoms with Gasteiger partial charge in [0.2, 0.25) is 0 Å². The van der Waals surface area contributed by atoms with Gasteiger partial charge in [-0.3, -0.25) is 4.39 Å². The van der Waals surface area contributed by atoms with Gasteiger partial charge in [-0.15, -0.1) is 0 Å². The molecule has 17 heavy (non-hydrogen) atoms. The molecule has 1 fully saturated rings. The van der Waals surface area contributed by atoms with Gasteiger partial charge >= 0.3 is 0 Å². The molecule has 1 saturated heterocycles. The van der Waals surface area contributed by atoms with E-state index in [4.69, 9.17) is 5.73 Å². The lowest BCUT2D eigenvalue weighted by atomic mass is 9.89. The second-order valence-corrected chi connectivity index (χ2v) is 4.82. The molecule has 0 spiro atoms. The van der Waals surface area contributed by atoms with Gasteiger partial charge in [0.05, 0.1) is 6.67 Å². The fraction of sp³-hybridized carbons (Fsp3) is 0.571. The number of alkyl halides is 1. The Balaban J connectivity index is 2.02. The Hall–Kier alpha value is -0.930. The number of benzene rings is 1. The molecule has 2 rings (SSSR count). The predicted molar refractivity (Wildman–Crippen MR) is 68.8 cm³/mol. The molecule has 0 radical (unpaired) electrons. The van der Waals surface area contributed by atoms with Crippen LogP contribution in [0.1, 0.15) is 17.9 Å². The molecule has 0 unspecified atom stereocenters. The minimum Gasteiger partial charge on any atom is -0.330 e. The molecular formula is C14H21FN2. The Bertz CT molecular complexity index is 328. The third kappa shape index (κ3) is 3.05. The van der Waals surface area contributed by atoms with Crippen LogP contribution in [0.15, 0.2) is 30.3 Å². The standard InChI is InChI=1S/C14H21FN2/c15-7-4-8-17-10-13(9-16)14(11-17)12-5-2-1-3-6-12/h1-3,5-6,13-14H,4,7-11,16H2/t13-,14+/m1/s1. The lowest BCUT2D eigenvalue weighted by molar-refractivity contribution is 0.301. The molecule has 3 heteroatoms. The number of hydrogen-bond acceptors (Lipinski definition) is 2. The van der Waals surface area contributed by atoms with Crippen molar-refractivity contribution in [1.29, 1.82) is 0 Å². The zero-order chi connectivity index (χ0) is 12.1. The van der Waals surface area contributed by atoms with Crippen LogP contribution in [-0.4, -0.2) is 37.8 Å². The van der Waals surface area contributed by atoms with E-state index in [-0.39, 0.29) is 6.67 Å². The van der Waals surface area contributed by atoms with E-state index in [1.54, 1.807) is 0 Å². The van der Waals surface area contributed by atoms with Gasteiger partial charge in [-0.25, -0.2) is 0 Å². The monoisotopic (exact) mass is 236 g/mol. The summed E-state index contributed by atoms with van der Waals surface area (Å²) in [6.45, 7) is 3.38. The van der Waals surface area contributed by atoms with Crippen molar-refractivity contribution in [2.75, 3.05) is 32.9 Å². The third-order valence-corrected chi connectivity index (χ3v) is 3.66. The van der Waals surface area contributed by atoms with E-state index >= 15 is 0 Å². The molecule has 1 aliphatic rings. The highest BCUT2D eigenvalue weighted by atomic mass is 19.1. The SMILES string of the molecule is NC[C@@H]1CN(CCCF)C[C@H]1c1ccccc1. The lowest BCUT2D eigenvalue weighted by Crippen LogP contribution is -2.24. The van der Waals surface area contributed by atoms with Crippen molar-refractivity contribution < 1.29 is 4.39 Å². The third-order valence-electron chi connectivity index (χ3n) is 3.66. The van der Waals surface area contributed by atoms with Crippen molar-refractivity contribution in [3.8, 4) is 0 Å². The molecule has 1 aliphatic heterocycles. The summed E-state index contributed by atoms with van der Waals surface area (Å²) in [6, 6.07) is 10.5. The van der Waals surface area contributed by atoms with Crippen LogP contribution in [0.2, 0.25) is 0 Å². The maximum Gasteiger partial charge on any atom is 0.0906 e. The molecule has 0 aliphatic carbocycles. The second-order valence-electron chi connectivity index (χ2n) is 4.82. The van der Waals surface area contributed by atoms with Crippen molar-refractivity contribution in [2.45, 2.75) is 12.3 Å². The lowest BCUT2D eigenvalue weighted by Gasteiger charge is -2.16. The normalized spacial score (nSPS) is 25.3. The van der Waals surface area contributed by atoms with Crippen LogP contribution in [0.3, 0.4) is 0 Å². The average Bonchev–Trinajstić information content (AvgIpc) is 2.80. The largest absolute Gasteiger partial charge is 0.330 e. The van der Waals surface area contributed by atoms with Crippen LogP contribution < -0.4 is 5.73 Å². The highest BCUT2D eigenvalue weighted by molar-refractivity contribution is 5.22. The van der Waals surface area contributed by atoms with Crippen LogP contribution in [0, 0.1) is 5.92 Å². The quantitative estimate of drug-likeness (QED) is 0.847. The minimum atomic E-state index is -0.222. The van der Waals surface area contributed by atoms with Crippen molar-refractivity contribution in [1.82, 2.24) is 4.90 Å². The number of rotatable bonds is 5. The summed E-state index contributed by atoms with van der Waals surface area (Å²) < 4.78 is 12.2. The van der Waals surface area contributed by atoms with Gasteiger partial charge in [0.1, 0.15) is 0 Å². The molecule has 94 valence electrons. The second kappa shape index (κ2) is 6.12. The van der Waals surface area contributed by atoms with E-state index in [1.165, 1.54) is 5.56 Å². The summed E-state index contributed by atoms with van der Waals surface area (Å²) in [7, 11) is 0. The summed E-state index contributed by atoms with van der Waals surface area (Å²) >= 11 is 0. The van der Waals surface area contributed by atoms with E-state index in [0.29, 0.717) is 24.8 Å². The number of likely N-dealkylation sites (tertiary alicyclic amines) is 1.